The molecule has 0 unspecified atom stereocenters. The largest absolute Gasteiger partial charge is 0.441 e. The number of amides is 1. The number of para-hydroxylation sites is 1. The first kappa shape index (κ1) is 24.0. The lowest BCUT2D eigenvalue weighted by molar-refractivity contribution is -0.191. The van der Waals surface area contributed by atoms with Gasteiger partial charge in [-0.3, -0.25) is 9.80 Å². The van der Waals surface area contributed by atoms with E-state index in [4.69, 9.17) is 14.3 Å². The molecular formula is C25H25F3N2O4. The molecule has 2 aliphatic heterocycles. The normalized spacial score (nSPS) is 19.9. The van der Waals surface area contributed by atoms with Crippen LogP contribution in [0.15, 0.2) is 48.5 Å². The van der Waals surface area contributed by atoms with Gasteiger partial charge in [-0.2, -0.15) is 22.8 Å². The predicted molar refractivity (Wildman–Crippen MR) is 116 cm³/mol. The van der Waals surface area contributed by atoms with Crippen LogP contribution >= 0.6 is 0 Å². The summed E-state index contributed by atoms with van der Waals surface area (Å²) in [7, 11) is 0. The zero-order valence-corrected chi connectivity index (χ0v) is 18.5. The Morgan fingerprint density at radius 3 is 2.26 bits per heavy atom. The van der Waals surface area contributed by atoms with Gasteiger partial charge in [-0.15, -0.1) is 0 Å². The van der Waals surface area contributed by atoms with Crippen LogP contribution in [0.25, 0.3) is 0 Å². The van der Waals surface area contributed by atoms with Crippen molar-refractivity contribution in [2.24, 2.45) is 0 Å². The molecule has 3 fully saturated rings. The maximum atomic E-state index is 13.2. The van der Waals surface area contributed by atoms with Gasteiger partial charge in [0.1, 0.15) is 5.60 Å². The Bertz CT molecular complexity index is 1060. The van der Waals surface area contributed by atoms with E-state index in [9.17, 15) is 18.0 Å². The summed E-state index contributed by atoms with van der Waals surface area (Å²) >= 11 is 0. The summed E-state index contributed by atoms with van der Waals surface area (Å²) in [5.41, 5.74) is 1.56. The highest BCUT2D eigenvalue weighted by Crippen LogP contribution is 2.44. The van der Waals surface area contributed by atoms with Gasteiger partial charge in [-0.05, 0) is 54.2 Å². The van der Waals surface area contributed by atoms with E-state index >= 15 is 0 Å². The van der Waals surface area contributed by atoms with Crippen LogP contribution in [-0.2, 0) is 27.0 Å². The molecule has 1 amide bonds. The number of likely N-dealkylation sites (tertiary alicyclic amines) is 1. The number of rotatable bonds is 4. The predicted octanol–water partition coefficient (Wildman–Crippen LogP) is 4.99. The minimum absolute atomic E-state index is 0.250. The third-order valence-corrected chi connectivity index (χ3v) is 6.69. The lowest BCUT2D eigenvalue weighted by Gasteiger charge is -2.37. The number of halogens is 3. The van der Waals surface area contributed by atoms with Crippen molar-refractivity contribution in [3.05, 3.63) is 65.2 Å². The zero-order valence-electron chi connectivity index (χ0n) is 18.5. The quantitative estimate of drug-likeness (QED) is 0.625. The van der Waals surface area contributed by atoms with Crippen molar-refractivity contribution < 1.29 is 32.3 Å². The van der Waals surface area contributed by atoms with Gasteiger partial charge in [0, 0.05) is 38.2 Å². The Morgan fingerprint density at radius 2 is 1.68 bits per heavy atom. The van der Waals surface area contributed by atoms with Crippen LogP contribution in [0.2, 0.25) is 0 Å². The first-order valence-corrected chi connectivity index (χ1v) is 11.2. The van der Waals surface area contributed by atoms with Crippen molar-refractivity contribution in [3.63, 3.8) is 0 Å². The number of carbonyl (C=O) groups is 1. The fourth-order valence-electron chi connectivity index (χ4n) is 4.76. The van der Waals surface area contributed by atoms with Crippen molar-refractivity contribution in [2.75, 3.05) is 24.5 Å². The third-order valence-electron chi connectivity index (χ3n) is 6.69. The van der Waals surface area contributed by atoms with Crippen LogP contribution in [0.3, 0.4) is 0 Å². The van der Waals surface area contributed by atoms with Crippen LogP contribution < -0.4 is 4.90 Å². The molecule has 0 radical (unpaired) electrons. The van der Waals surface area contributed by atoms with Crippen molar-refractivity contribution in [1.29, 1.82) is 0 Å². The van der Waals surface area contributed by atoms with Gasteiger partial charge < -0.3 is 4.74 Å². The average molecular weight is 474 g/mol. The van der Waals surface area contributed by atoms with Crippen LogP contribution in [0.5, 0.6) is 0 Å². The lowest BCUT2D eigenvalue weighted by atomic mass is 9.90. The van der Waals surface area contributed by atoms with E-state index in [1.165, 1.54) is 12.1 Å². The fraction of sp³-hybridized carbons (Fsp3) is 0.440. The number of hydrogen-bond acceptors (Lipinski definition) is 5. The highest BCUT2D eigenvalue weighted by atomic mass is 19.4. The summed E-state index contributed by atoms with van der Waals surface area (Å²) < 4.78 is 45.5. The highest BCUT2D eigenvalue weighted by molar-refractivity contribution is 5.90. The van der Waals surface area contributed by atoms with Crippen molar-refractivity contribution in [2.45, 2.75) is 49.9 Å². The molecule has 2 heterocycles. The molecule has 1 aliphatic carbocycles. The third kappa shape index (κ3) is 5.32. The molecule has 0 aromatic heterocycles. The second-order valence-electron chi connectivity index (χ2n) is 9.02. The summed E-state index contributed by atoms with van der Waals surface area (Å²) in [5, 5.41) is 0. The SMILES string of the molecule is O=C1OC2(CCN(Cc3cc(C(F)(F)F)ccc3C3CC3)CC2)CN1c1ccccc1.O=C=O. The van der Waals surface area contributed by atoms with Crippen LogP contribution in [0.1, 0.15) is 48.3 Å². The van der Waals surface area contributed by atoms with Gasteiger partial charge in [0.15, 0.2) is 0 Å². The minimum atomic E-state index is -4.33. The number of alkyl halides is 3. The van der Waals surface area contributed by atoms with Gasteiger partial charge in [0.25, 0.3) is 0 Å². The summed E-state index contributed by atoms with van der Waals surface area (Å²) in [5.74, 6) is 0.392. The Kier molecular flexibility index (Phi) is 6.77. The monoisotopic (exact) mass is 474 g/mol. The van der Waals surface area contributed by atoms with E-state index in [1.54, 1.807) is 11.0 Å². The molecule has 2 aromatic rings. The number of nitrogens with zero attached hydrogens (tertiary/aromatic N) is 2. The summed E-state index contributed by atoms with van der Waals surface area (Å²) in [4.78, 5) is 32.6. The van der Waals surface area contributed by atoms with Gasteiger partial charge in [-0.25, -0.2) is 4.79 Å². The summed E-state index contributed by atoms with van der Waals surface area (Å²) in [6.45, 7) is 2.40. The second kappa shape index (κ2) is 9.60. The van der Waals surface area contributed by atoms with Crippen molar-refractivity contribution in [1.82, 2.24) is 4.90 Å². The van der Waals surface area contributed by atoms with E-state index < -0.39 is 17.3 Å². The average Bonchev–Trinajstić information content (AvgIpc) is 3.60. The number of anilines is 1. The van der Waals surface area contributed by atoms with E-state index in [2.05, 4.69) is 4.90 Å². The van der Waals surface area contributed by atoms with Crippen LogP contribution in [-0.4, -0.2) is 42.4 Å². The summed E-state index contributed by atoms with van der Waals surface area (Å²) in [6.07, 6.45) is -0.950. The molecule has 2 saturated heterocycles. The Morgan fingerprint density at radius 1 is 1.03 bits per heavy atom. The maximum Gasteiger partial charge on any atom is 0.416 e. The lowest BCUT2D eigenvalue weighted by Crippen LogP contribution is -2.46. The van der Waals surface area contributed by atoms with E-state index in [-0.39, 0.29) is 12.2 Å². The smallest absolute Gasteiger partial charge is 0.416 e. The standard InChI is InChI=1S/C24H25F3N2O2.CO2/c25-24(26,27)19-8-9-21(17-6-7-17)18(14-19)15-28-12-10-23(11-13-28)16-29(22(30)31-23)20-4-2-1-3-5-20;2-1-3/h1-5,8-9,14,17H,6-7,10-13,15-16H2;. The Hall–Kier alpha value is -3.16. The number of carbonyl (C=O) groups excluding carboxylic acids is 3. The first-order valence-electron chi connectivity index (χ1n) is 11.2. The number of ether oxygens (including phenoxy) is 1. The molecular weight excluding hydrogens is 449 g/mol. The molecule has 0 bridgehead atoms. The zero-order chi connectivity index (χ0) is 24.3. The maximum absolute atomic E-state index is 13.2. The Balaban J connectivity index is 0.000000868. The van der Waals surface area contributed by atoms with Gasteiger partial charge in [0.2, 0.25) is 0 Å². The molecule has 1 spiro atoms. The Labute approximate surface area is 195 Å². The van der Waals surface area contributed by atoms with Crippen molar-refractivity contribution >= 4 is 17.9 Å². The van der Waals surface area contributed by atoms with Crippen molar-refractivity contribution in [3.8, 4) is 0 Å². The number of hydrogen-bond donors (Lipinski definition) is 0. The van der Waals surface area contributed by atoms with Crippen LogP contribution in [0.4, 0.5) is 23.7 Å². The first-order chi connectivity index (χ1) is 16.2. The van der Waals surface area contributed by atoms with E-state index in [0.29, 0.717) is 44.9 Å². The molecule has 0 N–H and O–H groups in total. The molecule has 0 atom stereocenters. The number of benzene rings is 2. The van der Waals surface area contributed by atoms with Gasteiger partial charge in [0.05, 0.1) is 12.1 Å². The molecule has 34 heavy (non-hydrogen) atoms. The highest BCUT2D eigenvalue weighted by Gasteiger charge is 2.47. The minimum Gasteiger partial charge on any atom is -0.441 e. The van der Waals surface area contributed by atoms with E-state index in [0.717, 1.165) is 29.7 Å². The molecule has 5 rings (SSSR count). The van der Waals surface area contributed by atoms with E-state index in [1.807, 2.05) is 30.3 Å². The molecule has 9 heteroatoms. The van der Waals surface area contributed by atoms with Gasteiger partial charge >= 0.3 is 18.4 Å². The number of piperidine rings is 1. The van der Waals surface area contributed by atoms with Gasteiger partial charge in [-0.1, -0.05) is 24.3 Å². The topological polar surface area (TPSA) is 66.9 Å². The molecule has 6 nitrogen and oxygen atoms in total. The second-order valence-corrected chi connectivity index (χ2v) is 9.02. The molecule has 180 valence electrons. The molecule has 3 aliphatic rings. The summed E-state index contributed by atoms with van der Waals surface area (Å²) in [6, 6.07) is 13.7. The van der Waals surface area contributed by atoms with Crippen LogP contribution in [0, 0.1) is 0 Å². The molecule has 2 aromatic carbocycles. The fourth-order valence-corrected chi connectivity index (χ4v) is 4.76. The molecule has 1 saturated carbocycles.